The number of carbonyl (C=O) groups excluding carboxylic acids is 1. The quantitative estimate of drug-likeness (QED) is 0.742. The van der Waals surface area contributed by atoms with Crippen molar-refractivity contribution >= 4 is 22.8 Å². The monoisotopic (exact) mass is 380 g/mol. The lowest BCUT2D eigenvalue weighted by atomic mass is 10.1. The van der Waals surface area contributed by atoms with E-state index in [0.29, 0.717) is 12.1 Å². The van der Waals surface area contributed by atoms with Gasteiger partial charge in [-0.1, -0.05) is 6.07 Å². The Morgan fingerprint density at radius 2 is 2.04 bits per heavy atom. The van der Waals surface area contributed by atoms with Crippen LogP contribution in [-0.2, 0) is 18.3 Å². The van der Waals surface area contributed by atoms with Crippen molar-refractivity contribution in [2.75, 3.05) is 31.2 Å². The molecule has 8 nitrogen and oxygen atoms in total. The summed E-state index contributed by atoms with van der Waals surface area (Å²) in [5, 5.41) is 8.19. The van der Waals surface area contributed by atoms with Gasteiger partial charge in [-0.3, -0.25) is 9.48 Å². The molecule has 0 radical (unpaired) electrons. The molecule has 4 heterocycles. The van der Waals surface area contributed by atoms with Gasteiger partial charge in [-0.25, -0.2) is 9.97 Å². The smallest absolute Gasteiger partial charge is 0.252 e. The molecule has 3 aromatic heterocycles. The number of nitrogens with one attached hydrogen (secondary N) is 1. The van der Waals surface area contributed by atoms with Crippen molar-refractivity contribution in [2.45, 2.75) is 20.4 Å². The molecule has 1 N–H and O–H groups in total. The van der Waals surface area contributed by atoms with Crippen LogP contribution in [0.1, 0.15) is 27.3 Å². The van der Waals surface area contributed by atoms with E-state index in [9.17, 15) is 4.79 Å². The highest BCUT2D eigenvalue weighted by Crippen LogP contribution is 2.21. The lowest BCUT2D eigenvalue weighted by Gasteiger charge is -2.27. The summed E-state index contributed by atoms with van der Waals surface area (Å²) in [5.74, 6) is 0.805. The van der Waals surface area contributed by atoms with Crippen LogP contribution in [-0.4, -0.2) is 52.0 Å². The molecule has 0 saturated carbocycles. The maximum atomic E-state index is 12.8. The first-order valence-electron chi connectivity index (χ1n) is 9.39. The van der Waals surface area contributed by atoms with Gasteiger partial charge in [0, 0.05) is 38.6 Å². The second-order valence-corrected chi connectivity index (χ2v) is 7.03. The minimum Gasteiger partial charge on any atom is -0.378 e. The number of aryl methyl sites for hydroxylation is 3. The summed E-state index contributed by atoms with van der Waals surface area (Å²) in [7, 11) is 1.84. The van der Waals surface area contributed by atoms with Gasteiger partial charge in [-0.2, -0.15) is 5.10 Å². The number of rotatable bonds is 4. The van der Waals surface area contributed by atoms with Gasteiger partial charge in [0.15, 0.2) is 5.65 Å². The number of carbonyl (C=O) groups is 1. The first-order chi connectivity index (χ1) is 13.5. The fraction of sp³-hybridized carbons (Fsp3) is 0.400. The van der Waals surface area contributed by atoms with E-state index in [1.54, 1.807) is 4.68 Å². The third-order valence-electron chi connectivity index (χ3n) is 4.94. The molecular formula is C20H24N6O2. The van der Waals surface area contributed by atoms with Crippen molar-refractivity contribution in [1.82, 2.24) is 25.1 Å². The first-order valence-corrected chi connectivity index (χ1v) is 9.39. The Bertz CT molecular complexity index is 1010. The van der Waals surface area contributed by atoms with Crippen molar-refractivity contribution < 1.29 is 9.53 Å². The summed E-state index contributed by atoms with van der Waals surface area (Å²) in [5.41, 5.74) is 3.87. The maximum absolute atomic E-state index is 12.8. The summed E-state index contributed by atoms with van der Waals surface area (Å²) in [6.45, 7) is 7.35. The molecule has 0 spiro atoms. The molecule has 3 aromatic rings. The van der Waals surface area contributed by atoms with Crippen LogP contribution in [0.25, 0.3) is 11.0 Å². The SMILES string of the molecule is Cc1cc(C(=O)NCc2ccc(N3CCOCC3)nc2)c2c(C)nn(C)c2n1. The van der Waals surface area contributed by atoms with Crippen LogP contribution >= 0.6 is 0 Å². The molecular weight excluding hydrogens is 356 g/mol. The predicted octanol–water partition coefficient (Wildman–Crippen LogP) is 1.75. The minimum atomic E-state index is -0.135. The summed E-state index contributed by atoms with van der Waals surface area (Å²) < 4.78 is 7.08. The lowest BCUT2D eigenvalue weighted by molar-refractivity contribution is 0.0952. The number of hydrogen-bond donors (Lipinski definition) is 1. The second kappa shape index (κ2) is 7.55. The Morgan fingerprint density at radius 1 is 1.25 bits per heavy atom. The Balaban J connectivity index is 1.48. The molecule has 146 valence electrons. The Kier molecular flexibility index (Phi) is 4.95. The predicted molar refractivity (Wildman–Crippen MR) is 106 cm³/mol. The second-order valence-electron chi connectivity index (χ2n) is 7.03. The van der Waals surface area contributed by atoms with Crippen molar-refractivity contribution in [3.63, 3.8) is 0 Å². The Hall–Kier alpha value is -3.00. The van der Waals surface area contributed by atoms with Crippen LogP contribution in [0, 0.1) is 13.8 Å². The van der Waals surface area contributed by atoms with Crippen LogP contribution in [0.3, 0.4) is 0 Å². The van der Waals surface area contributed by atoms with E-state index >= 15 is 0 Å². The van der Waals surface area contributed by atoms with E-state index in [2.05, 4.69) is 25.3 Å². The third kappa shape index (κ3) is 3.55. The van der Waals surface area contributed by atoms with Gasteiger partial charge in [-0.05, 0) is 31.5 Å². The molecule has 0 atom stereocenters. The zero-order chi connectivity index (χ0) is 19.7. The molecule has 28 heavy (non-hydrogen) atoms. The molecule has 4 rings (SSSR count). The van der Waals surface area contributed by atoms with Gasteiger partial charge in [-0.15, -0.1) is 0 Å². The number of nitrogens with zero attached hydrogens (tertiary/aromatic N) is 5. The highest BCUT2D eigenvalue weighted by atomic mass is 16.5. The fourth-order valence-electron chi connectivity index (χ4n) is 3.53. The standard InChI is InChI=1S/C20H24N6O2/c1-13-10-16(18-14(2)24-25(3)19(18)23-13)20(27)22-12-15-4-5-17(21-11-15)26-6-8-28-9-7-26/h4-5,10-11H,6-9,12H2,1-3H3,(H,22,27). The molecule has 1 aliphatic heterocycles. The lowest BCUT2D eigenvalue weighted by Crippen LogP contribution is -2.36. The molecule has 0 unspecified atom stereocenters. The molecule has 8 heteroatoms. The normalized spacial score (nSPS) is 14.5. The minimum absolute atomic E-state index is 0.135. The van der Waals surface area contributed by atoms with E-state index < -0.39 is 0 Å². The van der Waals surface area contributed by atoms with Crippen LogP contribution in [0.15, 0.2) is 24.4 Å². The van der Waals surface area contributed by atoms with Crippen molar-refractivity contribution in [2.24, 2.45) is 7.05 Å². The molecule has 1 fully saturated rings. The highest BCUT2D eigenvalue weighted by molar-refractivity contribution is 6.06. The Labute approximate surface area is 163 Å². The number of aromatic nitrogens is 4. The number of fused-ring (bicyclic) bond motifs is 1. The average molecular weight is 380 g/mol. The summed E-state index contributed by atoms with van der Waals surface area (Å²) in [4.78, 5) is 24.1. The molecule has 0 aliphatic carbocycles. The van der Waals surface area contributed by atoms with E-state index in [-0.39, 0.29) is 5.91 Å². The first kappa shape index (κ1) is 18.4. The fourth-order valence-corrected chi connectivity index (χ4v) is 3.53. The van der Waals surface area contributed by atoms with E-state index in [1.165, 1.54) is 0 Å². The zero-order valence-corrected chi connectivity index (χ0v) is 16.4. The third-order valence-corrected chi connectivity index (χ3v) is 4.94. The summed E-state index contributed by atoms with van der Waals surface area (Å²) >= 11 is 0. The van der Waals surface area contributed by atoms with E-state index in [0.717, 1.165) is 60.1 Å². The average Bonchev–Trinajstić information content (AvgIpc) is 3.00. The maximum Gasteiger partial charge on any atom is 0.252 e. The summed E-state index contributed by atoms with van der Waals surface area (Å²) in [6, 6.07) is 5.81. The van der Waals surface area contributed by atoms with Crippen molar-refractivity contribution in [3.8, 4) is 0 Å². The Morgan fingerprint density at radius 3 is 2.75 bits per heavy atom. The largest absolute Gasteiger partial charge is 0.378 e. The van der Waals surface area contributed by atoms with Gasteiger partial charge < -0.3 is 15.0 Å². The van der Waals surface area contributed by atoms with Gasteiger partial charge >= 0.3 is 0 Å². The van der Waals surface area contributed by atoms with Crippen LogP contribution in [0.4, 0.5) is 5.82 Å². The number of hydrogen-bond acceptors (Lipinski definition) is 6. The molecule has 0 aromatic carbocycles. The molecule has 1 amide bonds. The molecule has 0 bridgehead atoms. The summed E-state index contributed by atoms with van der Waals surface area (Å²) in [6.07, 6.45) is 1.81. The number of pyridine rings is 2. The highest BCUT2D eigenvalue weighted by Gasteiger charge is 2.18. The molecule has 1 aliphatic rings. The van der Waals surface area contributed by atoms with Gasteiger partial charge in [0.25, 0.3) is 5.91 Å². The van der Waals surface area contributed by atoms with Crippen molar-refractivity contribution in [3.05, 3.63) is 46.9 Å². The number of anilines is 1. The number of amides is 1. The molecule has 1 saturated heterocycles. The zero-order valence-electron chi connectivity index (χ0n) is 16.4. The van der Waals surface area contributed by atoms with Crippen LogP contribution in [0.2, 0.25) is 0 Å². The topological polar surface area (TPSA) is 85.2 Å². The number of ether oxygens (including phenoxy) is 1. The van der Waals surface area contributed by atoms with Gasteiger partial charge in [0.05, 0.1) is 29.9 Å². The van der Waals surface area contributed by atoms with Crippen molar-refractivity contribution in [1.29, 1.82) is 0 Å². The van der Waals surface area contributed by atoms with Gasteiger partial charge in [0.1, 0.15) is 5.82 Å². The van der Waals surface area contributed by atoms with Gasteiger partial charge in [0.2, 0.25) is 0 Å². The van der Waals surface area contributed by atoms with Crippen LogP contribution < -0.4 is 10.2 Å². The van der Waals surface area contributed by atoms with Crippen LogP contribution in [0.5, 0.6) is 0 Å². The van der Waals surface area contributed by atoms with E-state index in [4.69, 9.17) is 4.74 Å². The van der Waals surface area contributed by atoms with E-state index in [1.807, 2.05) is 45.3 Å². The number of morpholine rings is 1.